The molecule has 3 aromatic rings. The maximum absolute atomic E-state index is 15.5. The van der Waals surface area contributed by atoms with Crippen LogP contribution in [0.1, 0.15) is 28.7 Å². The Balaban J connectivity index is 1.35. The predicted octanol–water partition coefficient (Wildman–Crippen LogP) is 2.45. The molecule has 10 nitrogen and oxygen atoms in total. The van der Waals surface area contributed by atoms with Crippen LogP contribution in [0.2, 0.25) is 0 Å². The molecule has 1 aromatic carbocycles. The van der Waals surface area contributed by atoms with Crippen LogP contribution in [0.25, 0.3) is 10.9 Å². The number of methoxy groups -OCH3 is 1. The number of ether oxygens (including phenoxy) is 1. The standard InChI is InChI=1S/C24H26FN7O3/c1-4-32-22-19-17(26-13-27-22)11-15(20(25)21(19)29-24(32)34)12-30-7-9-31(10-8-30)18-6-5-16(23(33)35-3)28-14(18)2/h5-6,11,13H,4,7-10,12H2,1-3H3,(H,26,27). The van der Waals surface area contributed by atoms with E-state index in [2.05, 4.69) is 30.1 Å². The Kier molecular flexibility index (Phi) is 5.93. The molecule has 2 aromatic heterocycles. The first-order chi connectivity index (χ1) is 16.9. The maximum Gasteiger partial charge on any atom is 0.356 e. The Morgan fingerprint density at radius 2 is 1.97 bits per heavy atom. The summed E-state index contributed by atoms with van der Waals surface area (Å²) in [5.74, 6) is -0.514. The highest BCUT2D eigenvalue weighted by Gasteiger charge is 2.25. The smallest absolute Gasteiger partial charge is 0.356 e. The number of aliphatic imine (C=N–C) groups is 1. The van der Waals surface area contributed by atoms with Crippen molar-refractivity contribution in [2.75, 3.05) is 43.5 Å². The van der Waals surface area contributed by atoms with Crippen molar-refractivity contribution in [3.63, 3.8) is 0 Å². The second kappa shape index (κ2) is 9.06. The van der Waals surface area contributed by atoms with Crippen molar-refractivity contribution in [1.29, 1.82) is 0 Å². The number of hydrogen-bond acceptors (Lipinski definition) is 9. The van der Waals surface area contributed by atoms with E-state index in [-0.39, 0.29) is 11.2 Å². The SMILES string of the molecule is CCn1c2c3c(cc(CN4CCN(c5ccc(C(=O)OC)nc5C)CC4)c(F)c3nc1=O)NC=N2. The number of aromatic nitrogens is 3. The van der Waals surface area contributed by atoms with Crippen molar-refractivity contribution < 1.29 is 13.9 Å². The molecule has 0 radical (unpaired) electrons. The maximum atomic E-state index is 15.5. The molecular weight excluding hydrogens is 453 g/mol. The van der Waals surface area contributed by atoms with E-state index in [0.717, 1.165) is 37.6 Å². The molecule has 1 N–H and O–H groups in total. The molecule has 2 aliphatic rings. The van der Waals surface area contributed by atoms with Crippen LogP contribution in [0.5, 0.6) is 0 Å². The van der Waals surface area contributed by atoms with Gasteiger partial charge in [0.25, 0.3) is 0 Å². The highest BCUT2D eigenvalue weighted by molar-refractivity contribution is 6.06. The summed E-state index contributed by atoms with van der Waals surface area (Å²) >= 11 is 0. The molecule has 1 fully saturated rings. The first-order valence-electron chi connectivity index (χ1n) is 11.5. The molecular formula is C24H26FN7O3. The van der Waals surface area contributed by atoms with Crippen molar-refractivity contribution in [2.45, 2.75) is 26.9 Å². The fraction of sp³-hybridized carbons (Fsp3) is 0.375. The van der Waals surface area contributed by atoms with Gasteiger partial charge in [-0.3, -0.25) is 9.47 Å². The van der Waals surface area contributed by atoms with Crippen LogP contribution in [0, 0.1) is 12.7 Å². The second-order valence-electron chi connectivity index (χ2n) is 8.54. The number of pyridine rings is 1. The molecule has 0 spiro atoms. The zero-order chi connectivity index (χ0) is 24.7. The molecule has 0 bridgehead atoms. The van der Waals surface area contributed by atoms with Gasteiger partial charge in [-0.1, -0.05) is 0 Å². The Bertz CT molecular complexity index is 1410. The Morgan fingerprint density at radius 1 is 1.20 bits per heavy atom. The summed E-state index contributed by atoms with van der Waals surface area (Å²) in [5.41, 5.74) is 2.73. The number of benzene rings is 1. The van der Waals surface area contributed by atoms with E-state index >= 15 is 4.39 Å². The van der Waals surface area contributed by atoms with Crippen LogP contribution in [-0.4, -0.2) is 65.0 Å². The van der Waals surface area contributed by atoms with Gasteiger partial charge in [0, 0.05) is 44.8 Å². The monoisotopic (exact) mass is 479 g/mol. The molecule has 0 aliphatic carbocycles. The van der Waals surface area contributed by atoms with E-state index in [1.807, 2.05) is 19.9 Å². The van der Waals surface area contributed by atoms with Crippen molar-refractivity contribution in [1.82, 2.24) is 19.4 Å². The van der Waals surface area contributed by atoms with Crippen LogP contribution in [-0.2, 0) is 17.8 Å². The van der Waals surface area contributed by atoms with Crippen molar-refractivity contribution >= 4 is 40.4 Å². The summed E-state index contributed by atoms with van der Waals surface area (Å²) in [6.45, 7) is 7.40. The molecule has 0 unspecified atom stereocenters. The van der Waals surface area contributed by atoms with Crippen molar-refractivity contribution in [3.05, 3.63) is 51.5 Å². The van der Waals surface area contributed by atoms with Crippen LogP contribution in [0.4, 0.5) is 21.6 Å². The third kappa shape index (κ3) is 4.01. The third-order valence-corrected chi connectivity index (χ3v) is 6.51. The number of carbonyl (C=O) groups excluding carboxylic acids is 1. The number of rotatable bonds is 5. The van der Waals surface area contributed by atoms with E-state index in [1.165, 1.54) is 18.0 Å². The summed E-state index contributed by atoms with van der Waals surface area (Å²) in [5, 5.41) is 3.60. The quantitative estimate of drug-likeness (QED) is 0.557. The van der Waals surface area contributed by atoms with Crippen LogP contribution in [0.15, 0.2) is 28.0 Å². The number of hydrogen-bond donors (Lipinski definition) is 1. The molecule has 182 valence electrons. The molecule has 0 amide bonds. The topological polar surface area (TPSA) is 105 Å². The lowest BCUT2D eigenvalue weighted by molar-refractivity contribution is 0.0594. The van der Waals surface area contributed by atoms with Gasteiger partial charge in [-0.2, -0.15) is 4.98 Å². The van der Waals surface area contributed by atoms with Crippen molar-refractivity contribution in [3.8, 4) is 0 Å². The summed E-state index contributed by atoms with van der Waals surface area (Å²) in [6, 6.07) is 5.34. The van der Waals surface area contributed by atoms with E-state index < -0.39 is 17.5 Å². The summed E-state index contributed by atoms with van der Waals surface area (Å²) in [4.78, 5) is 41.2. The molecule has 0 saturated carbocycles. The minimum absolute atomic E-state index is 0.0533. The van der Waals surface area contributed by atoms with Gasteiger partial charge in [0.1, 0.15) is 17.0 Å². The minimum atomic E-state index is -0.508. The Hall–Kier alpha value is -3.86. The van der Waals surface area contributed by atoms with Crippen LogP contribution >= 0.6 is 0 Å². The van der Waals surface area contributed by atoms with Gasteiger partial charge >= 0.3 is 11.7 Å². The molecule has 4 heterocycles. The number of nitrogens with one attached hydrogen (secondary N) is 1. The number of aryl methyl sites for hydroxylation is 1. The number of piperazine rings is 1. The molecule has 1 saturated heterocycles. The van der Waals surface area contributed by atoms with Gasteiger partial charge < -0.3 is 15.0 Å². The lowest BCUT2D eigenvalue weighted by Crippen LogP contribution is -2.46. The lowest BCUT2D eigenvalue weighted by atomic mass is 10.1. The third-order valence-electron chi connectivity index (χ3n) is 6.51. The average molecular weight is 480 g/mol. The number of nitrogens with zero attached hydrogens (tertiary/aromatic N) is 6. The largest absolute Gasteiger partial charge is 0.464 e. The highest BCUT2D eigenvalue weighted by Crippen LogP contribution is 2.36. The van der Waals surface area contributed by atoms with Gasteiger partial charge in [0.2, 0.25) is 0 Å². The summed E-state index contributed by atoms with van der Waals surface area (Å²) in [6.07, 6.45) is 1.52. The zero-order valence-electron chi connectivity index (χ0n) is 19.8. The normalized spacial score (nSPS) is 15.4. The number of esters is 1. The molecule has 2 aliphatic heterocycles. The average Bonchev–Trinajstić information content (AvgIpc) is 2.87. The minimum Gasteiger partial charge on any atom is -0.464 e. The molecule has 0 atom stereocenters. The number of carbonyl (C=O) groups is 1. The van der Waals surface area contributed by atoms with Crippen LogP contribution < -0.4 is 15.9 Å². The highest BCUT2D eigenvalue weighted by atomic mass is 19.1. The second-order valence-corrected chi connectivity index (χ2v) is 8.54. The molecule has 35 heavy (non-hydrogen) atoms. The Morgan fingerprint density at radius 3 is 2.66 bits per heavy atom. The van der Waals surface area contributed by atoms with Gasteiger partial charge in [0.15, 0.2) is 5.82 Å². The molecule has 5 rings (SSSR count). The predicted molar refractivity (Wildman–Crippen MR) is 131 cm³/mol. The van der Waals surface area contributed by atoms with E-state index in [1.54, 1.807) is 12.1 Å². The number of anilines is 2. The fourth-order valence-corrected chi connectivity index (χ4v) is 4.72. The first kappa shape index (κ1) is 22.9. The first-order valence-corrected chi connectivity index (χ1v) is 11.5. The van der Waals surface area contributed by atoms with E-state index in [0.29, 0.717) is 35.5 Å². The zero-order valence-corrected chi connectivity index (χ0v) is 19.8. The van der Waals surface area contributed by atoms with Crippen molar-refractivity contribution in [2.24, 2.45) is 4.99 Å². The van der Waals surface area contributed by atoms with Gasteiger partial charge in [-0.05, 0) is 32.0 Å². The fourth-order valence-electron chi connectivity index (χ4n) is 4.72. The van der Waals surface area contributed by atoms with Gasteiger partial charge in [-0.15, -0.1) is 0 Å². The lowest BCUT2D eigenvalue weighted by Gasteiger charge is -2.36. The van der Waals surface area contributed by atoms with Gasteiger partial charge in [-0.25, -0.2) is 24.0 Å². The summed E-state index contributed by atoms with van der Waals surface area (Å²) in [7, 11) is 1.33. The summed E-state index contributed by atoms with van der Waals surface area (Å²) < 4.78 is 21.7. The van der Waals surface area contributed by atoms with Gasteiger partial charge in [0.05, 0.1) is 35.9 Å². The molecule has 11 heteroatoms. The Labute approximate surface area is 201 Å². The van der Waals surface area contributed by atoms with E-state index in [4.69, 9.17) is 4.74 Å². The van der Waals surface area contributed by atoms with E-state index in [9.17, 15) is 9.59 Å². The number of halogens is 1. The van der Waals surface area contributed by atoms with Crippen LogP contribution in [0.3, 0.4) is 0 Å².